The van der Waals surface area contributed by atoms with E-state index in [0.717, 1.165) is 3.92 Å². The third-order valence-electron chi connectivity index (χ3n) is 3.41. The van der Waals surface area contributed by atoms with Crippen molar-refractivity contribution in [3.05, 3.63) is 0 Å². The van der Waals surface area contributed by atoms with E-state index in [1.807, 2.05) is 0 Å². The molecule has 2 rings (SSSR count). The molecule has 0 N–H and O–H groups in total. The van der Waals surface area contributed by atoms with E-state index < -0.39 is 0 Å². The van der Waals surface area contributed by atoms with E-state index >= 15 is 0 Å². The van der Waals surface area contributed by atoms with Crippen molar-refractivity contribution in [1.29, 1.82) is 0 Å². The van der Waals surface area contributed by atoms with Gasteiger partial charge in [-0.25, -0.2) is 0 Å². The minimum absolute atomic E-state index is 0.474. The van der Waals surface area contributed by atoms with Gasteiger partial charge in [0.15, 0.2) is 0 Å². The summed E-state index contributed by atoms with van der Waals surface area (Å²) < 4.78 is 6.76. The molecule has 1 heterocycles. The molecule has 0 bridgehead atoms. The maximum absolute atomic E-state index is 6.02. The summed E-state index contributed by atoms with van der Waals surface area (Å²) in [6.45, 7) is 4.59. The van der Waals surface area contributed by atoms with Gasteiger partial charge in [-0.15, -0.1) is 0 Å². The molecule has 0 aromatic rings. The van der Waals surface area contributed by atoms with Crippen molar-refractivity contribution in [3.63, 3.8) is 0 Å². The van der Waals surface area contributed by atoms with Gasteiger partial charge in [-0.2, -0.15) is 0 Å². The molecule has 0 aromatic heterocycles. The topological polar surface area (TPSA) is 9.23 Å². The molecule has 1 saturated heterocycles. The van der Waals surface area contributed by atoms with E-state index in [2.05, 4.69) is 36.4 Å². The molecule has 0 radical (unpaired) electrons. The fourth-order valence-corrected chi connectivity index (χ4v) is 2.52. The van der Waals surface area contributed by atoms with E-state index in [4.69, 9.17) is 4.74 Å². The average molecular weight is 280 g/mol. The van der Waals surface area contributed by atoms with Crippen LogP contribution in [0.15, 0.2) is 0 Å². The molecule has 0 spiro atoms. The minimum Gasteiger partial charge on any atom is -0.374 e. The average Bonchev–Trinajstić information content (AvgIpc) is 2.75. The fraction of sp³-hybridized carbons (Fsp3) is 1.00. The lowest BCUT2D eigenvalue weighted by atomic mass is 9.93. The molecule has 2 unspecified atom stereocenters. The number of ether oxygens (including phenoxy) is 1. The molecule has 0 aromatic carbocycles. The first-order chi connectivity index (χ1) is 5.62. The predicted molar refractivity (Wildman–Crippen MR) is 58.7 cm³/mol. The quantitative estimate of drug-likeness (QED) is 0.529. The first kappa shape index (κ1) is 9.25. The van der Waals surface area contributed by atoms with Crippen molar-refractivity contribution in [1.82, 2.24) is 0 Å². The number of alkyl halides is 1. The number of hydrogen-bond donors (Lipinski definition) is 0. The van der Waals surface area contributed by atoms with Gasteiger partial charge in [0.2, 0.25) is 0 Å². The lowest BCUT2D eigenvalue weighted by Gasteiger charge is -2.35. The van der Waals surface area contributed by atoms with Gasteiger partial charge in [-0.1, -0.05) is 29.5 Å². The van der Waals surface area contributed by atoms with Crippen LogP contribution in [0.3, 0.4) is 0 Å². The van der Waals surface area contributed by atoms with Crippen LogP contribution in [0.2, 0.25) is 0 Å². The lowest BCUT2D eigenvalue weighted by Crippen LogP contribution is -2.37. The summed E-state index contributed by atoms with van der Waals surface area (Å²) in [6, 6.07) is 0. The van der Waals surface area contributed by atoms with Crippen molar-refractivity contribution in [2.75, 3.05) is 0 Å². The summed E-state index contributed by atoms with van der Waals surface area (Å²) in [5.74, 6) is 0. The Balaban J connectivity index is 1.94. The van der Waals surface area contributed by atoms with Gasteiger partial charge in [-0.05, 0) is 38.0 Å². The largest absolute Gasteiger partial charge is 0.374 e. The highest BCUT2D eigenvalue weighted by Gasteiger charge is 2.47. The number of hydrogen-bond acceptors (Lipinski definition) is 1. The highest BCUT2D eigenvalue weighted by molar-refractivity contribution is 14.1. The Kier molecular flexibility index (Phi) is 2.41. The summed E-state index contributed by atoms with van der Waals surface area (Å²) in [6.07, 6.45) is 6.45. The Morgan fingerprint density at radius 3 is 2.50 bits per heavy atom. The van der Waals surface area contributed by atoms with Gasteiger partial charge >= 0.3 is 0 Å². The molecule has 2 heteroatoms. The Bertz CT molecular complexity index is 177. The van der Waals surface area contributed by atoms with E-state index in [9.17, 15) is 0 Å². The number of halogens is 1. The standard InChI is InChI=1S/C10H17IO/c1-7-8(11)3-4-9(12-7)10(2)5-6-10/h7-9H,3-6H2,1-2H3/t7?,8?,9-/m0/s1. The van der Waals surface area contributed by atoms with Crippen LogP contribution in [0.25, 0.3) is 0 Å². The van der Waals surface area contributed by atoms with Crippen molar-refractivity contribution < 1.29 is 4.74 Å². The van der Waals surface area contributed by atoms with Gasteiger partial charge in [0, 0.05) is 3.92 Å². The molecule has 2 aliphatic rings. The second-order valence-electron chi connectivity index (χ2n) is 4.58. The summed E-state index contributed by atoms with van der Waals surface area (Å²) in [5, 5.41) is 0. The highest BCUT2D eigenvalue weighted by atomic mass is 127. The monoisotopic (exact) mass is 280 g/mol. The molecule has 12 heavy (non-hydrogen) atoms. The van der Waals surface area contributed by atoms with Crippen LogP contribution < -0.4 is 0 Å². The third-order valence-corrected chi connectivity index (χ3v) is 5.04. The second-order valence-corrected chi connectivity index (χ2v) is 6.18. The first-order valence-corrected chi connectivity index (χ1v) is 6.16. The fourth-order valence-electron chi connectivity index (χ4n) is 1.99. The van der Waals surface area contributed by atoms with Crippen LogP contribution in [0.1, 0.15) is 39.5 Å². The Hall–Kier alpha value is 0.690. The molecule has 1 aliphatic carbocycles. The van der Waals surface area contributed by atoms with Gasteiger partial charge in [-0.3, -0.25) is 0 Å². The minimum atomic E-state index is 0.474. The molecule has 3 atom stereocenters. The summed E-state index contributed by atoms with van der Waals surface area (Å²) >= 11 is 2.52. The van der Waals surface area contributed by atoms with Crippen LogP contribution in [0.5, 0.6) is 0 Å². The van der Waals surface area contributed by atoms with Gasteiger partial charge in [0.25, 0.3) is 0 Å². The van der Waals surface area contributed by atoms with E-state index in [0.29, 0.717) is 17.6 Å². The zero-order chi connectivity index (χ0) is 8.77. The van der Waals surface area contributed by atoms with Crippen molar-refractivity contribution >= 4 is 22.6 Å². The van der Waals surface area contributed by atoms with Crippen molar-refractivity contribution in [3.8, 4) is 0 Å². The lowest BCUT2D eigenvalue weighted by molar-refractivity contribution is -0.0663. The smallest absolute Gasteiger partial charge is 0.0668 e. The molecule has 70 valence electrons. The predicted octanol–water partition coefficient (Wildman–Crippen LogP) is 3.16. The SMILES string of the molecule is CC1O[C@H](C2(C)CC2)CCC1I. The van der Waals surface area contributed by atoms with Gasteiger partial charge in [0.05, 0.1) is 12.2 Å². The molecular weight excluding hydrogens is 263 g/mol. The van der Waals surface area contributed by atoms with Crippen LogP contribution in [0.4, 0.5) is 0 Å². The second kappa shape index (κ2) is 3.12. The molecule has 1 saturated carbocycles. The van der Waals surface area contributed by atoms with Crippen LogP contribution in [-0.4, -0.2) is 16.1 Å². The maximum atomic E-state index is 6.02. The zero-order valence-electron chi connectivity index (χ0n) is 7.85. The molecule has 2 fully saturated rings. The Morgan fingerprint density at radius 2 is 2.00 bits per heavy atom. The Labute approximate surface area is 88.4 Å². The molecule has 1 aliphatic heterocycles. The van der Waals surface area contributed by atoms with E-state index in [-0.39, 0.29) is 0 Å². The van der Waals surface area contributed by atoms with Gasteiger partial charge in [0.1, 0.15) is 0 Å². The highest BCUT2D eigenvalue weighted by Crippen LogP contribution is 2.52. The molecule has 0 amide bonds. The van der Waals surface area contributed by atoms with Crippen molar-refractivity contribution in [2.45, 2.75) is 55.7 Å². The molecular formula is C10H17IO. The number of rotatable bonds is 1. The van der Waals surface area contributed by atoms with Crippen LogP contribution in [-0.2, 0) is 4.74 Å². The van der Waals surface area contributed by atoms with E-state index in [1.165, 1.54) is 25.7 Å². The zero-order valence-corrected chi connectivity index (χ0v) is 10.0. The van der Waals surface area contributed by atoms with Crippen LogP contribution in [0, 0.1) is 5.41 Å². The first-order valence-electron chi connectivity index (χ1n) is 4.91. The summed E-state index contributed by atoms with van der Waals surface area (Å²) in [7, 11) is 0. The van der Waals surface area contributed by atoms with Crippen LogP contribution >= 0.6 is 22.6 Å². The maximum Gasteiger partial charge on any atom is 0.0668 e. The summed E-state index contributed by atoms with van der Waals surface area (Å²) in [5.41, 5.74) is 0.561. The third kappa shape index (κ3) is 1.65. The van der Waals surface area contributed by atoms with Gasteiger partial charge < -0.3 is 4.74 Å². The normalized spacial score (nSPS) is 45.8. The Morgan fingerprint density at radius 1 is 1.33 bits per heavy atom. The van der Waals surface area contributed by atoms with E-state index in [1.54, 1.807) is 0 Å². The van der Waals surface area contributed by atoms with Crippen molar-refractivity contribution in [2.24, 2.45) is 5.41 Å². The summed E-state index contributed by atoms with van der Waals surface area (Å²) in [4.78, 5) is 0. The molecule has 1 nitrogen and oxygen atoms in total.